The lowest BCUT2D eigenvalue weighted by Gasteiger charge is -2.16. The van der Waals surface area contributed by atoms with E-state index in [2.05, 4.69) is 21.2 Å². The van der Waals surface area contributed by atoms with Crippen LogP contribution in [0, 0.1) is 29.9 Å². The van der Waals surface area contributed by atoms with Crippen molar-refractivity contribution in [1.29, 1.82) is 0 Å². The molecule has 9 nitrogen and oxygen atoms in total. The number of carbonyl (C=O) groups excluding carboxylic acids is 3. The molecule has 1 aliphatic heterocycles. The number of anilines is 2. The maximum absolute atomic E-state index is 12.4. The Morgan fingerprint density at radius 3 is 2.55 bits per heavy atom. The maximum Gasteiger partial charge on any atom is 0.311 e. The SMILES string of the molecule is Cc1cc(NC(=O)COC(=O)[C@H]2CC(=O)N(c3ccc([N+](=O)[O-])cc3)C2)c(C)cc1Br. The van der Waals surface area contributed by atoms with Crippen molar-refractivity contribution in [2.45, 2.75) is 20.3 Å². The summed E-state index contributed by atoms with van der Waals surface area (Å²) in [7, 11) is 0. The zero-order chi connectivity index (χ0) is 22.7. The van der Waals surface area contributed by atoms with Crippen molar-refractivity contribution in [2.75, 3.05) is 23.4 Å². The number of nitrogens with one attached hydrogen (secondary N) is 1. The predicted molar refractivity (Wildman–Crippen MR) is 117 cm³/mol. The summed E-state index contributed by atoms with van der Waals surface area (Å²) in [5, 5.41) is 13.5. The number of esters is 1. The Morgan fingerprint density at radius 1 is 1.23 bits per heavy atom. The zero-order valence-electron chi connectivity index (χ0n) is 16.9. The van der Waals surface area contributed by atoms with Crippen molar-refractivity contribution in [3.8, 4) is 0 Å². The smallest absolute Gasteiger partial charge is 0.311 e. The van der Waals surface area contributed by atoms with Crippen molar-refractivity contribution in [3.63, 3.8) is 0 Å². The lowest BCUT2D eigenvalue weighted by Crippen LogP contribution is -2.28. The van der Waals surface area contributed by atoms with Crippen molar-refractivity contribution in [1.82, 2.24) is 0 Å². The van der Waals surface area contributed by atoms with Gasteiger partial charge in [0.25, 0.3) is 11.6 Å². The average molecular weight is 490 g/mol. The van der Waals surface area contributed by atoms with Gasteiger partial charge in [-0.05, 0) is 49.2 Å². The minimum atomic E-state index is -0.716. The number of hydrogen-bond donors (Lipinski definition) is 1. The molecule has 1 atom stereocenters. The quantitative estimate of drug-likeness (QED) is 0.376. The molecule has 0 unspecified atom stereocenters. The molecule has 162 valence electrons. The molecule has 3 rings (SSSR count). The largest absolute Gasteiger partial charge is 0.455 e. The first-order chi connectivity index (χ1) is 14.7. The van der Waals surface area contributed by atoms with Gasteiger partial charge < -0.3 is 15.0 Å². The molecule has 1 N–H and O–H groups in total. The number of hydrogen-bond acceptors (Lipinski definition) is 6. The van der Waals surface area contributed by atoms with E-state index in [1.54, 1.807) is 0 Å². The Morgan fingerprint density at radius 2 is 1.90 bits per heavy atom. The number of nitrogens with zero attached hydrogens (tertiary/aromatic N) is 2. The van der Waals surface area contributed by atoms with Gasteiger partial charge in [-0.15, -0.1) is 0 Å². The van der Waals surface area contributed by atoms with Crippen LogP contribution in [0.2, 0.25) is 0 Å². The van der Waals surface area contributed by atoms with Crippen LogP contribution < -0.4 is 10.2 Å². The highest BCUT2D eigenvalue weighted by molar-refractivity contribution is 9.10. The summed E-state index contributed by atoms with van der Waals surface area (Å²) in [5.41, 5.74) is 2.81. The van der Waals surface area contributed by atoms with E-state index in [0.29, 0.717) is 11.4 Å². The lowest BCUT2D eigenvalue weighted by molar-refractivity contribution is -0.384. The minimum absolute atomic E-state index is 0.0531. The molecule has 1 heterocycles. The highest BCUT2D eigenvalue weighted by Gasteiger charge is 2.36. The molecule has 1 saturated heterocycles. The Labute approximate surface area is 186 Å². The Hall–Kier alpha value is -3.27. The number of halogens is 1. The van der Waals surface area contributed by atoms with E-state index < -0.39 is 29.3 Å². The first kappa shape index (κ1) is 22.4. The second kappa shape index (κ2) is 9.25. The third-order valence-corrected chi connectivity index (χ3v) is 5.81. The average Bonchev–Trinajstić information content (AvgIpc) is 3.12. The molecular weight excluding hydrogens is 470 g/mol. The van der Waals surface area contributed by atoms with Gasteiger partial charge in [0.15, 0.2) is 6.61 Å². The predicted octanol–water partition coefficient (Wildman–Crippen LogP) is 3.51. The summed E-state index contributed by atoms with van der Waals surface area (Å²) in [4.78, 5) is 48.4. The van der Waals surface area contributed by atoms with Gasteiger partial charge in [0.1, 0.15) is 0 Å². The molecule has 0 aliphatic carbocycles. The number of nitro benzene ring substituents is 1. The van der Waals surface area contributed by atoms with E-state index in [1.165, 1.54) is 29.2 Å². The van der Waals surface area contributed by atoms with Gasteiger partial charge >= 0.3 is 5.97 Å². The topological polar surface area (TPSA) is 119 Å². The fourth-order valence-electron chi connectivity index (χ4n) is 3.23. The molecule has 2 aromatic carbocycles. The van der Waals surface area contributed by atoms with Gasteiger partial charge in [-0.2, -0.15) is 0 Å². The molecule has 1 fully saturated rings. The normalized spacial score (nSPS) is 15.6. The van der Waals surface area contributed by atoms with Crippen LogP contribution in [0.4, 0.5) is 17.1 Å². The summed E-state index contributed by atoms with van der Waals surface area (Å²) in [6.07, 6.45) is -0.0531. The fraction of sp³-hybridized carbons (Fsp3) is 0.286. The van der Waals surface area contributed by atoms with Gasteiger partial charge in [0.2, 0.25) is 5.91 Å². The highest BCUT2D eigenvalue weighted by atomic mass is 79.9. The second-order valence-corrected chi connectivity index (χ2v) is 8.11. The number of nitro groups is 1. The number of non-ortho nitro benzene ring substituents is 1. The van der Waals surface area contributed by atoms with Crippen LogP contribution in [0.15, 0.2) is 40.9 Å². The Balaban J connectivity index is 1.55. The molecule has 2 amide bonds. The maximum atomic E-state index is 12.4. The monoisotopic (exact) mass is 489 g/mol. The van der Waals surface area contributed by atoms with Crippen LogP contribution in [0.1, 0.15) is 17.5 Å². The highest BCUT2D eigenvalue weighted by Crippen LogP contribution is 2.28. The van der Waals surface area contributed by atoms with E-state index in [9.17, 15) is 24.5 Å². The molecule has 0 spiro atoms. The molecule has 31 heavy (non-hydrogen) atoms. The van der Waals surface area contributed by atoms with Gasteiger partial charge in [-0.1, -0.05) is 15.9 Å². The first-order valence-electron chi connectivity index (χ1n) is 9.43. The molecule has 0 bridgehead atoms. The Bertz CT molecular complexity index is 1050. The molecule has 0 radical (unpaired) electrons. The number of aryl methyl sites for hydroxylation is 2. The molecule has 0 aromatic heterocycles. The summed E-state index contributed by atoms with van der Waals surface area (Å²) in [6, 6.07) is 9.21. The zero-order valence-corrected chi connectivity index (χ0v) is 18.5. The van der Waals surface area contributed by atoms with Crippen LogP contribution in [0.5, 0.6) is 0 Å². The first-order valence-corrected chi connectivity index (χ1v) is 10.2. The van der Waals surface area contributed by atoms with Crippen molar-refractivity contribution < 1.29 is 24.0 Å². The van der Waals surface area contributed by atoms with E-state index in [-0.39, 0.29) is 24.6 Å². The van der Waals surface area contributed by atoms with Crippen molar-refractivity contribution >= 4 is 50.8 Å². The van der Waals surface area contributed by atoms with E-state index >= 15 is 0 Å². The van der Waals surface area contributed by atoms with Crippen LogP contribution >= 0.6 is 15.9 Å². The third kappa shape index (κ3) is 5.26. The van der Waals surface area contributed by atoms with Crippen LogP contribution in [0.25, 0.3) is 0 Å². The number of rotatable bonds is 6. The lowest BCUT2D eigenvalue weighted by atomic mass is 10.1. The number of benzene rings is 2. The van der Waals surface area contributed by atoms with Crippen molar-refractivity contribution in [2.24, 2.45) is 5.92 Å². The van der Waals surface area contributed by atoms with Crippen LogP contribution in [-0.4, -0.2) is 35.9 Å². The molecule has 10 heteroatoms. The van der Waals surface area contributed by atoms with Gasteiger partial charge in [-0.3, -0.25) is 24.5 Å². The molecule has 1 aliphatic rings. The number of ether oxygens (including phenoxy) is 1. The fourth-order valence-corrected chi connectivity index (χ4v) is 3.68. The second-order valence-electron chi connectivity index (χ2n) is 7.25. The van der Waals surface area contributed by atoms with Gasteiger partial charge in [0.05, 0.1) is 10.8 Å². The summed E-state index contributed by atoms with van der Waals surface area (Å²) >= 11 is 3.43. The van der Waals surface area contributed by atoms with Crippen LogP contribution in [-0.2, 0) is 19.1 Å². The molecule has 0 saturated carbocycles. The summed E-state index contributed by atoms with van der Waals surface area (Å²) in [6.45, 7) is 3.37. The van der Waals surface area contributed by atoms with Gasteiger partial charge in [-0.25, -0.2) is 0 Å². The van der Waals surface area contributed by atoms with Crippen LogP contribution in [0.3, 0.4) is 0 Å². The van der Waals surface area contributed by atoms with E-state index in [1.807, 2.05) is 26.0 Å². The summed E-state index contributed by atoms with van der Waals surface area (Å²) in [5.74, 6) is -2.13. The third-order valence-electron chi connectivity index (χ3n) is 4.96. The van der Waals surface area contributed by atoms with Gasteiger partial charge in [0, 0.05) is 40.9 Å². The summed E-state index contributed by atoms with van der Waals surface area (Å²) < 4.78 is 6.04. The van der Waals surface area contributed by atoms with E-state index in [0.717, 1.165) is 15.6 Å². The molecule has 2 aromatic rings. The molecular formula is C21H20BrN3O6. The van der Waals surface area contributed by atoms with Crippen molar-refractivity contribution in [3.05, 3.63) is 62.1 Å². The number of amides is 2. The number of carbonyl (C=O) groups is 3. The standard InChI is InChI=1S/C21H20BrN3O6/c1-12-8-18(13(2)7-17(12)22)23-19(26)11-31-21(28)14-9-20(27)24(10-14)15-3-5-16(6-4-15)25(29)30/h3-8,14H,9-11H2,1-2H3,(H,23,26)/t14-/m0/s1. The van der Waals surface area contributed by atoms with E-state index in [4.69, 9.17) is 4.74 Å². The minimum Gasteiger partial charge on any atom is -0.455 e. The Kier molecular flexibility index (Phi) is 6.69.